The van der Waals surface area contributed by atoms with Crippen molar-refractivity contribution in [2.75, 3.05) is 7.05 Å². The van der Waals surface area contributed by atoms with Gasteiger partial charge >= 0.3 is 5.97 Å². The molecule has 4 nitrogen and oxygen atoms in total. The summed E-state index contributed by atoms with van der Waals surface area (Å²) in [7, 11) is 1.45. The van der Waals surface area contributed by atoms with Crippen molar-refractivity contribution in [3.63, 3.8) is 0 Å². The van der Waals surface area contributed by atoms with Crippen LogP contribution < -0.4 is 0 Å². The number of likely N-dealkylation sites (N-methyl/N-ethyl adjacent to an activating group) is 1. The molecule has 1 saturated carbocycles. The van der Waals surface area contributed by atoms with Gasteiger partial charge in [0.2, 0.25) is 5.91 Å². The molecule has 0 radical (unpaired) electrons. The van der Waals surface area contributed by atoms with E-state index in [1.54, 1.807) is 0 Å². The number of benzene rings is 1. The third-order valence-electron chi connectivity index (χ3n) is 4.45. The number of aliphatic carboxylic acids is 1. The lowest BCUT2D eigenvalue weighted by molar-refractivity contribution is -0.160. The van der Waals surface area contributed by atoms with Gasteiger partial charge in [0.25, 0.3) is 0 Å². The fourth-order valence-corrected chi connectivity index (χ4v) is 3.01. The van der Waals surface area contributed by atoms with Gasteiger partial charge in [-0.2, -0.15) is 0 Å². The van der Waals surface area contributed by atoms with Crippen molar-refractivity contribution in [1.82, 2.24) is 4.90 Å². The average Bonchev–Trinajstić information content (AvgIpc) is 2.49. The van der Waals surface area contributed by atoms with Gasteiger partial charge in [0.05, 0.1) is 6.42 Å². The van der Waals surface area contributed by atoms with E-state index in [1.807, 2.05) is 0 Å². The second-order valence-electron chi connectivity index (χ2n) is 5.76. The molecule has 1 N–H and O–H groups in total. The molecule has 2 rings (SSSR count). The molecule has 1 aromatic carbocycles. The minimum absolute atomic E-state index is 0.0644. The van der Waals surface area contributed by atoms with E-state index in [0.29, 0.717) is 12.8 Å². The maximum Gasteiger partial charge on any atom is 0.329 e. The molecule has 1 aromatic rings. The first kappa shape index (κ1) is 16.4. The molecule has 0 unspecified atom stereocenters. The van der Waals surface area contributed by atoms with Crippen LogP contribution in [-0.2, 0) is 16.0 Å². The fraction of sp³-hybridized carbons (Fsp3) is 0.500. The first-order valence-corrected chi connectivity index (χ1v) is 7.31. The summed E-state index contributed by atoms with van der Waals surface area (Å²) < 4.78 is 26.5. The number of hydrogen-bond donors (Lipinski definition) is 1. The van der Waals surface area contributed by atoms with Crippen LogP contribution in [0.15, 0.2) is 18.2 Å². The number of rotatable bonds is 4. The minimum atomic E-state index is -1.22. The van der Waals surface area contributed by atoms with E-state index in [0.717, 1.165) is 31.4 Å². The first-order chi connectivity index (χ1) is 10.4. The van der Waals surface area contributed by atoms with E-state index < -0.39 is 29.0 Å². The number of hydrogen-bond acceptors (Lipinski definition) is 2. The Bertz CT molecular complexity index is 583. The molecular formula is C16H19F2NO3. The zero-order valence-corrected chi connectivity index (χ0v) is 12.4. The van der Waals surface area contributed by atoms with Gasteiger partial charge in [0, 0.05) is 13.1 Å². The molecule has 0 aliphatic heterocycles. The van der Waals surface area contributed by atoms with Crippen LogP contribution in [0.25, 0.3) is 0 Å². The van der Waals surface area contributed by atoms with Crippen LogP contribution in [0.2, 0.25) is 0 Å². The Hall–Kier alpha value is -1.98. The molecule has 0 aromatic heterocycles. The molecule has 0 bridgehead atoms. The monoisotopic (exact) mass is 311 g/mol. The summed E-state index contributed by atoms with van der Waals surface area (Å²) in [6.45, 7) is 0. The molecule has 1 aliphatic rings. The quantitative estimate of drug-likeness (QED) is 0.930. The summed E-state index contributed by atoms with van der Waals surface area (Å²) >= 11 is 0. The van der Waals surface area contributed by atoms with Crippen molar-refractivity contribution >= 4 is 11.9 Å². The number of carboxylic acids is 1. The molecular weight excluding hydrogens is 292 g/mol. The van der Waals surface area contributed by atoms with Crippen LogP contribution in [0.4, 0.5) is 8.78 Å². The van der Waals surface area contributed by atoms with Crippen molar-refractivity contribution in [3.8, 4) is 0 Å². The summed E-state index contributed by atoms with van der Waals surface area (Å²) in [6.07, 6.45) is 2.96. The van der Waals surface area contributed by atoms with Gasteiger partial charge in [-0.05, 0) is 24.5 Å². The third-order valence-corrected chi connectivity index (χ3v) is 4.45. The van der Waals surface area contributed by atoms with Gasteiger partial charge in [-0.15, -0.1) is 0 Å². The average molecular weight is 311 g/mol. The van der Waals surface area contributed by atoms with Gasteiger partial charge in [-0.3, -0.25) is 4.79 Å². The second-order valence-corrected chi connectivity index (χ2v) is 5.76. The lowest BCUT2D eigenvalue weighted by atomic mass is 9.80. The Morgan fingerprint density at radius 1 is 1.23 bits per heavy atom. The van der Waals surface area contributed by atoms with Crippen molar-refractivity contribution in [3.05, 3.63) is 35.4 Å². The van der Waals surface area contributed by atoms with Crippen LogP contribution >= 0.6 is 0 Å². The van der Waals surface area contributed by atoms with E-state index in [2.05, 4.69) is 0 Å². The van der Waals surface area contributed by atoms with E-state index in [-0.39, 0.29) is 12.0 Å². The summed E-state index contributed by atoms with van der Waals surface area (Å²) in [5.41, 5.74) is -1.15. The Morgan fingerprint density at radius 3 is 2.41 bits per heavy atom. The van der Waals surface area contributed by atoms with Crippen molar-refractivity contribution in [1.29, 1.82) is 0 Å². The number of halogens is 2. The summed E-state index contributed by atoms with van der Waals surface area (Å²) in [5.74, 6) is -3.01. The smallest absolute Gasteiger partial charge is 0.329 e. The highest BCUT2D eigenvalue weighted by molar-refractivity contribution is 5.88. The Labute approximate surface area is 127 Å². The van der Waals surface area contributed by atoms with Crippen LogP contribution in [0.1, 0.15) is 37.7 Å². The third kappa shape index (κ3) is 3.10. The molecule has 0 saturated heterocycles. The first-order valence-electron chi connectivity index (χ1n) is 7.31. The fourth-order valence-electron chi connectivity index (χ4n) is 3.01. The topological polar surface area (TPSA) is 57.6 Å². The summed E-state index contributed by atoms with van der Waals surface area (Å²) in [4.78, 5) is 25.2. The zero-order valence-electron chi connectivity index (χ0n) is 12.4. The Kier molecular flexibility index (Phi) is 4.78. The molecule has 1 fully saturated rings. The van der Waals surface area contributed by atoms with Crippen LogP contribution in [-0.4, -0.2) is 34.5 Å². The highest BCUT2D eigenvalue weighted by Gasteiger charge is 2.45. The van der Waals surface area contributed by atoms with E-state index in [1.165, 1.54) is 18.0 Å². The van der Waals surface area contributed by atoms with Crippen LogP contribution in [0.5, 0.6) is 0 Å². The zero-order chi connectivity index (χ0) is 16.3. The van der Waals surface area contributed by atoms with E-state index in [9.17, 15) is 23.5 Å². The van der Waals surface area contributed by atoms with Gasteiger partial charge in [-0.1, -0.05) is 25.3 Å². The molecule has 0 atom stereocenters. The molecule has 0 heterocycles. The van der Waals surface area contributed by atoms with E-state index in [4.69, 9.17) is 0 Å². The standard InChI is InChI=1S/C16H19F2NO3/c1-19(16(15(21)22)7-3-2-4-8-16)14(20)9-11-5-6-12(17)10-13(11)18/h5-6,10H,2-4,7-9H2,1H3,(H,21,22). The van der Waals surface area contributed by atoms with Gasteiger partial charge in [0.15, 0.2) is 0 Å². The van der Waals surface area contributed by atoms with E-state index >= 15 is 0 Å². The molecule has 120 valence electrons. The molecule has 1 aliphatic carbocycles. The lowest BCUT2D eigenvalue weighted by Crippen LogP contribution is -2.56. The predicted octanol–water partition coefficient (Wildman–Crippen LogP) is 2.75. The molecule has 0 spiro atoms. The largest absolute Gasteiger partial charge is 0.479 e. The predicted molar refractivity (Wildman–Crippen MR) is 76.3 cm³/mol. The number of carbonyl (C=O) groups excluding carboxylic acids is 1. The summed E-state index contributed by atoms with van der Waals surface area (Å²) in [6, 6.07) is 3.01. The summed E-state index contributed by atoms with van der Waals surface area (Å²) in [5, 5.41) is 9.55. The van der Waals surface area contributed by atoms with Gasteiger partial charge < -0.3 is 10.0 Å². The minimum Gasteiger partial charge on any atom is -0.479 e. The number of amides is 1. The number of carboxylic acid groups (broad SMARTS) is 1. The number of nitrogens with zero attached hydrogens (tertiary/aromatic N) is 1. The van der Waals surface area contributed by atoms with Gasteiger partial charge in [-0.25, -0.2) is 13.6 Å². The molecule has 1 amide bonds. The Balaban J connectivity index is 2.18. The number of carbonyl (C=O) groups is 2. The highest BCUT2D eigenvalue weighted by atomic mass is 19.1. The van der Waals surface area contributed by atoms with Crippen LogP contribution in [0.3, 0.4) is 0 Å². The second kappa shape index (κ2) is 6.42. The van der Waals surface area contributed by atoms with Crippen molar-refractivity contribution in [2.45, 2.75) is 44.1 Å². The highest BCUT2D eigenvalue weighted by Crippen LogP contribution is 2.33. The maximum atomic E-state index is 13.6. The SMILES string of the molecule is CN(C(=O)Cc1ccc(F)cc1F)C1(C(=O)O)CCCCC1. The maximum absolute atomic E-state index is 13.6. The van der Waals surface area contributed by atoms with Gasteiger partial charge in [0.1, 0.15) is 17.2 Å². The van der Waals surface area contributed by atoms with Crippen molar-refractivity contribution in [2.24, 2.45) is 0 Å². The van der Waals surface area contributed by atoms with Crippen molar-refractivity contribution < 1.29 is 23.5 Å². The molecule has 22 heavy (non-hydrogen) atoms. The Morgan fingerprint density at radius 2 is 1.86 bits per heavy atom. The molecule has 6 heteroatoms. The van der Waals surface area contributed by atoms with Crippen LogP contribution in [0, 0.1) is 11.6 Å². The normalized spacial score (nSPS) is 17.0. The lowest BCUT2D eigenvalue weighted by Gasteiger charge is -2.41.